The minimum Gasteiger partial charge on any atom is -0.334 e. The predicted octanol–water partition coefficient (Wildman–Crippen LogP) is 5.25. The van der Waals surface area contributed by atoms with Crippen molar-refractivity contribution in [2.24, 2.45) is 4.99 Å². The Kier molecular flexibility index (Phi) is 5.03. The molecule has 8 heteroatoms. The first-order valence-corrected chi connectivity index (χ1v) is 8.21. The highest BCUT2D eigenvalue weighted by atomic mass is 35.5. The zero-order valence-corrected chi connectivity index (χ0v) is 13.9. The zero-order chi connectivity index (χ0) is 17.2. The van der Waals surface area contributed by atoms with E-state index in [0.29, 0.717) is 29.1 Å². The van der Waals surface area contributed by atoms with E-state index in [1.165, 1.54) is 24.1 Å². The Morgan fingerprint density at radius 2 is 1.75 bits per heavy atom. The molecule has 2 aromatic rings. The third kappa shape index (κ3) is 4.43. The van der Waals surface area contributed by atoms with Crippen molar-refractivity contribution in [3.63, 3.8) is 0 Å². The van der Waals surface area contributed by atoms with Gasteiger partial charge in [-0.15, -0.1) is 0 Å². The summed E-state index contributed by atoms with van der Waals surface area (Å²) < 4.78 is 39.7. The van der Waals surface area contributed by atoms with E-state index in [4.69, 9.17) is 11.6 Å². The molecule has 0 radical (unpaired) electrons. The highest BCUT2D eigenvalue weighted by molar-refractivity contribution is 8.12. The van der Waals surface area contributed by atoms with Crippen LogP contribution < -0.4 is 5.32 Å². The lowest BCUT2D eigenvalue weighted by molar-refractivity contribution is -0.137. The van der Waals surface area contributed by atoms with Crippen molar-refractivity contribution in [1.82, 2.24) is 4.31 Å². The molecular formula is C16H13ClF3N3S. The van der Waals surface area contributed by atoms with Crippen LogP contribution in [0.15, 0.2) is 53.5 Å². The second kappa shape index (κ2) is 7.04. The van der Waals surface area contributed by atoms with Crippen molar-refractivity contribution in [1.29, 1.82) is 0 Å². The van der Waals surface area contributed by atoms with Crippen LogP contribution in [0.5, 0.6) is 0 Å². The molecular weight excluding hydrogens is 359 g/mol. The molecule has 0 aromatic heterocycles. The number of hydrogen-bond acceptors (Lipinski definition) is 4. The van der Waals surface area contributed by atoms with Gasteiger partial charge in [-0.2, -0.15) is 13.2 Å². The largest absolute Gasteiger partial charge is 0.416 e. The monoisotopic (exact) mass is 371 g/mol. The number of halogens is 4. The summed E-state index contributed by atoms with van der Waals surface area (Å²) in [6, 6.07) is 12.5. The first-order chi connectivity index (χ1) is 11.4. The third-order valence-corrected chi connectivity index (χ3v) is 4.48. The standard InChI is InChI=1S/C16H13ClF3N3S/c17-13-5-1-11(2-6-13)9-23-10-21-15(24-23)22-14-7-3-12(4-8-14)16(18,19)20/h1-8H,9-10H2,(H,21,22). The van der Waals surface area contributed by atoms with Crippen LogP contribution in [0.4, 0.5) is 18.9 Å². The number of aliphatic imine (C=N–C) groups is 1. The lowest BCUT2D eigenvalue weighted by atomic mass is 10.2. The number of nitrogens with one attached hydrogen (secondary N) is 1. The molecule has 0 amide bonds. The number of amidine groups is 1. The second-order valence-electron chi connectivity index (χ2n) is 5.16. The van der Waals surface area contributed by atoms with Gasteiger partial charge in [0.05, 0.1) is 5.56 Å². The lowest BCUT2D eigenvalue weighted by Crippen LogP contribution is -2.13. The molecule has 0 bridgehead atoms. The van der Waals surface area contributed by atoms with Gasteiger partial charge in [-0.25, -0.2) is 9.30 Å². The Labute approximate surface area is 146 Å². The SMILES string of the molecule is FC(F)(F)c1ccc(NC2=NCN(Cc3ccc(Cl)cc3)S2)cc1. The van der Waals surface area contributed by atoms with Crippen molar-refractivity contribution < 1.29 is 13.2 Å². The average Bonchev–Trinajstić information content (AvgIpc) is 2.96. The maximum Gasteiger partial charge on any atom is 0.416 e. The van der Waals surface area contributed by atoms with E-state index in [0.717, 1.165) is 17.7 Å². The van der Waals surface area contributed by atoms with Gasteiger partial charge in [0, 0.05) is 17.3 Å². The van der Waals surface area contributed by atoms with E-state index in [1.54, 1.807) is 0 Å². The fourth-order valence-electron chi connectivity index (χ4n) is 2.13. The Hall–Kier alpha value is -1.70. The van der Waals surface area contributed by atoms with E-state index in [2.05, 4.69) is 10.3 Å². The van der Waals surface area contributed by atoms with Crippen LogP contribution >= 0.6 is 23.5 Å². The third-order valence-electron chi connectivity index (χ3n) is 3.32. The minimum absolute atomic E-state index is 0.510. The Bertz CT molecular complexity index is 730. The molecule has 3 nitrogen and oxygen atoms in total. The van der Waals surface area contributed by atoms with Gasteiger partial charge in [-0.05, 0) is 53.9 Å². The quantitative estimate of drug-likeness (QED) is 0.747. The summed E-state index contributed by atoms with van der Waals surface area (Å²) in [4.78, 5) is 4.34. The second-order valence-corrected chi connectivity index (χ2v) is 6.68. The summed E-state index contributed by atoms with van der Waals surface area (Å²) in [5.41, 5.74) is 1.01. The van der Waals surface area contributed by atoms with Gasteiger partial charge in [0.1, 0.15) is 6.67 Å². The molecule has 1 aliphatic heterocycles. The van der Waals surface area contributed by atoms with Gasteiger partial charge in [0.15, 0.2) is 5.17 Å². The number of rotatable bonds is 3. The fourth-order valence-corrected chi connectivity index (χ4v) is 3.11. The normalized spacial score (nSPS) is 15.4. The number of anilines is 1. The van der Waals surface area contributed by atoms with Crippen LogP contribution in [0.1, 0.15) is 11.1 Å². The summed E-state index contributed by atoms with van der Waals surface area (Å²) in [5, 5.41) is 4.37. The van der Waals surface area contributed by atoms with Gasteiger partial charge in [0.2, 0.25) is 0 Å². The summed E-state index contributed by atoms with van der Waals surface area (Å²) in [6.07, 6.45) is -4.33. The molecule has 0 spiro atoms. The summed E-state index contributed by atoms with van der Waals surface area (Å²) >= 11 is 7.29. The van der Waals surface area contributed by atoms with Crippen molar-refractivity contribution >= 4 is 34.4 Å². The van der Waals surface area contributed by atoms with E-state index < -0.39 is 11.7 Å². The maximum absolute atomic E-state index is 12.5. The van der Waals surface area contributed by atoms with Gasteiger partial charge >= 0.3 is 6.18 Å². The van der Waals surface area contributed by atoms with E-state index >= 15 is 0 Å². The van der Waals surface area contributed by atoms with Crippen molar-refractivity contribution in [3.8, 4) is 0 Å². The smallest absolute Gasteiger partial charge is 0.334 e. The summed E-state index contributed by atoms with van der Waals surface area (Å²) in [7, 11) is 0. The first kappa shape index (κ1) is 17.1. The van der Waals surface area contributed by atoms with E-state index in [1.807, 2.05) is 28.6 Å². The Morgan fingerprint density at radius 1 is 1.08 bits per heavy atom. The van der Waals surface area contributed by atoms with Crippen molar-refractivity contribution in [2.45, 2.75) is 12.7 Å². The number of hydrogen-bond donors (Lipinski definition) is 1. The molecule has 126 valence electrons. The van der Waals surface area contributed by atoms with E-state index in [-0.39, 0.29) is 0 Å². The maximum atomic E-state index is 12.5. The lowest BCUT2D eigenvalue weighted by Gasteiger charge is -2.13. The molecule has 1 heterocycles. The fraction of sp³-hybridized carbons (Fsp3) is 0.188. The minimum atomic E-state index is -4.33. The predicted molar refractivity (Wildman–Crippen MR) is 92.0 cm³/mol. The van der Waals surface area contributed by atoms with Gasteiger partial charge in [0.25, 0.3) is 0 Å². The molecule has 1 N–H and O–H groups in total. The molecule has 0 fully saturated rings. The summed E-state index contributed by atoms with van der Waals surface area (Å²) in [6.45, 7) is 1.21. The molecule has 1 aliphatic rings. The molecule has 0 saturated heterocycles. The Morgan fingerprint density at radius 3 is 2.38 bits per heavy atom. The molecule has 0 unspecified atom stereocenters. The number of nitrogens with zero attached hydrogens (tertiary/aromatic N) is 2. The highest BCUT2D eigenvalue weighted by Gasteiger charge is 2.30. The molecule has 24 heavy (non-hydrogen) atoms. The molecule has 0 atom stereocenters. The van der Waals surface area contributed by atoms with Gasteiger partial charge in [-0.1, -0.05) is 23.7 Å². The average molecular weight is 372 g/mol. The van der Waals surface area contributed by atoms with Gasteiger partial charge < -0.3 is 5.32 Å². The van der Waals surface area contributed by atoms with Crippen LogP contribution in [-0.4, -0.2) is 16.1 Å². The molecule has 0 saturated carbocycles. The van der Waals surface area contributed by atoms with Crippen molar-refractivity contribution in [2.75, 3.05) is 12.0 Å². The Balaban J connectivity index is 1.55. The number of alkyl halides is 3. The first-order valence-electron chi connectivity index (χ1n) is 7.06. The highest BCUT2D eigenvalue weighted by Crippen LogP contribution is 2.30. The zero-order valence-electron chi connectivity index (χ0n) is 12.3. The van der Waals surface area contributed by atoms with Crippen LogP contribution in [0, 0.1) is 0 Å². The number of benzene rings is 2. The van der Waals surface area contributed by atoms with Crippen LogP contribution in [0.2, 0.25) is 5.02 Å². The molecule has 0 aliphatic carbocycles. The van der Waals surface area contributed by atoms with Crippen molar-refractivity contribution in [3.05, 3.63) is 64.7 Å². The van der Waals surface area contributed by atoms with Crippen LogP contribution in [0.25, 0.3) is 0 Å². The van der Waals surface area contributed by atoms with Crippen LogP contribution in [0.3, 0.4) is 0 Å². The van der Waals surface area contributed by atoms with Gasteiger partial charge in [-0.3, -0.25) is 0 Å². The van der Waals surface area contributed by atoms with Crippen LogP contribution in [-0.2, 0) is 12.7 Å². The molecule has 2 aromatic carbocycles. The summed E-state index contributed by atoms with van der Waals surface area (Å²) in [5.74, 6) is 0. The molecule has 3 rings (SSSR count). The van der Waals surface area contributed by atoms with E-state index in [9.17, 15) is 13.2 Å². The topological polar surface area (TPSA) is 27.6 Å².